The molecule has 2 N–H and O–H groups in total. The third kappa shape index (κ3) is 4.18. The Hall–Kier alpha value is -3.95. The van der Waals surface area contributed by atoms with Gasteiger partial charge >= 0.3 is 0 Å². The van der Waals surface area contributed by atoms with Gasteiger partial charge < -0.3 is 14.8 Å². The average Bonchev–Trinajstić information content (AvgIpc) is 3.31. The number of anilines is 1. The number of aromatic nitrogens is 2. The van der Waals surface area contributed by atoms with Gasteiger partial charge in [-0.2, -0.15) is 5.26 Å². The molecule has 4 rings (SSSR count). The van der Waals surface area contributed by atoms with Gasteiger partial charge in [0.15, 0.2) is 0 Å². The summed E-state index contributed by atoms with van der Waals surface area (Å²) < 4.78 is 5.96. The maximum Gasteiger partial charge on any atom is 0.247 e. The monoisotopic (exact) mass is 410 g/mol. The van der Waals surface area contributed by atoms with Crippen LogP contribution in [0.15, 0.2) is 77.2 Å². The Morgan fingerprint density at radius 1 is 0.903 bits per heavy atom. The van der Waals surface area contributed by atoms with Gasteiger partial charge in [0.05, 0.1) is 11.6 Å². The minimum atomic E-state index is -0.930. The van der Waals surface area contributed by atoms with E-state index in [1.54, 1.807) is 6.07 Å². The minimum Gasteiger partial charge on any atom is -0.418 e. The van der Waals surface area contributed by atoms with E-state index in [1.807, 2.05) is 80.6 Å². The molecule has 0 amide bonds. The molecular weight excluding hydrogens is 388 g/mol. The zero-order valence-electron chi connectivity index (χ0n) is 17.3. The van der Waals surface area contributed by atoms with Crippen LogP contribution < -0.4 is 5.32 Å². The van der Waals surface area contributed by atoms with E-state index < -0.39 is 12.1 Å². The highest BCUT2D eigenvalue weighted by atomic mass is 16.4. The number of aliphatic hydroxyl groups excluding tert-OH is 1. The van der Waals surface area contributed by atoms with Crippen molar-refractivity contribution in [3.05, 3.63) is 101 Å². The van der Waals surface area contributed by atoms with Gasteiger partial charge in [0.25, 0.3) is 0 Å². The van der Waals surface area contributed by atoms with Crippen molar-refractivity contribution >= 4 is 5.69 Å². The van der Waals surface area contributed by atoms with Crippen LogP contribution in [0.5, 0.6) is 0 Å². The summed E-state index contributed by atoms with van der Waals surface area (Å²) in [6.45, 7) is 3.84. The van der Waals surface area contributed by atoms with Crippen molar-refractivity contribution in [2.75, 3.05) is 5.32 Å². The van der Waals surface area contributed by atoms with Crippen LogP contribution >= 0.6 is 0 Å². The molecule has 1 heterocycles. The van der Waals surface area contributed by atoms with Crippen molar-refractivity contribution in [3.63, 3.8) is 0 Å². The largest absolute Gasteiger partial charge is 0.418 e. The molecule has 0 spiro atoms. The quantitative estimate of drug-likeness (QED) is 0.458. The van der Waals surface area contributed by atoms with Gasteiger partial charge in [-0.1, -0.05) is 48.5 Å². The van der Waals surface area contributed by atoms with Crippen molar-refractivity contribution in [1.29, 1.82) is 5.26 Å². The SMILES string of the molecule is Cc1c(C#N)ccc(NC(c2nnc(-c3ccccc3)o2)C(O)c2ccccc2)c1C. The molecule has 3 aromatic carbocycles. The Morgan fingerprint density at radius 2 is 1.58 bits per heavy atom. The molecule has 0 aliphatic carbocycles. The highest BCUT2D eigenvalue weighted by molar-refractivity contribution is 5.59. The molecule has 2 atom stereocenters. The Balaban J connectivity index is 1.74. The number of rotatable bonds is 6. The number of nitrogens with zero attached hydrogens (tertiary/aromatic N) is 3. The second kappa shape index (κ2) is 8.82. The summed E-state index contributed by atoms with van der Waals surface area (Å²) in [6.07, 6.45) is -0.930. The van der Waals surface area contributed by atoms with Crippen LogP contribution in [0.2, 0.25) is 0 Å². The van der Waals surface area contributed by atoms with Crippen LogP contribution in [-0.4, -0.2) is 15.3 Å². The molecule has 1 aromatic heterocycles. The second-order valence-electron chi connectivity index (χ2n) is 7.31. The normalized spacial score (nSPS) is 12.7. The summed E-state index contributed by atoms with van der Waals surface area (Å²) in [7, 11) is 0. The van der Waals surface area contributed by atoms with E-state index >= 15 is 0 Å². The van der Waals surface area contributed by atoms with Crippen molar-refractivity contribution in [2.45, 2.75) is 26.0 Å². The van der Waals surface area contributed by atoms with Crippen LogP contribution in [0.1, 0.15) is 40.3 Å². The molecule has 0 aliphatic heterocycles. The fraction of sp³-hybridized carbons (Fsp3) is 0.160. The van der Waals surface area contributed by atoms with E-state index in [9.17, 15) is 10.4 Å². The van der Waals surface area contributed by atoms with Crippen molar-refractivity contribution in [2.24, 2.45) is 0 Å². The molecular formula is C25H22N4O2. The van der Waals surface area contributed by atoms with E-state index in [-0.39, 0.29) is 5.89 Å². The van der Waals surface area contributed by atoms with E-state index in [1.165, 1.54) is 0 Å². The molecule has 6 heteroatoms. The Kier molecular flexibility index (Phi) is 5.78. The highest BCUT2D eigenvalue weighted by Crippen LogP contribution is 2.34. The summed E-state index contributed by atoms with van der Waals surface area (Å²) in [4.78, 5) is 0. The predicted octanol–water partition coefficient (Wildman–Crippen LogP) is 5.11. The summed E-state index contributed by atoms with van der Waals surface area (Å²) >= 11 is 0. The molecule has 0 aliphatic rings. The predicted molar refractivity (Wildman–Crippen MR) is 118 cm³/mol. The molecule has 6 nitrogen and oxygen atoms in total. The maximum absolute atomic E-state index is 11.2. The lowest BCUT2D eigenvalue weighted by Crippen LogP contribution is -2.20. The average molecular weight is 410 g/mol. The number of hydrogen-bond donors (Lipinski definition) is 2. The molecule has 0 bridgehead atoms. The zero-order valence-corrected chi connectivity index (χ0v) is 17.3. The Bertz CT molecular complexity index is 1210. The van der Waals surface area contributed by atoms with Crippen LogP contribution in [0.25, 0.3) is 11.5 Å². The molecule has 0 fully saturated rings. The smallest absolute Gasteiger partial charge is 0.247 e. The number of nitrogens with one attached hydrogen (secondary N) is 1. The van der Waals surface area contributed by atoms with Crippen LogP contribution in [0.4, 0.5) is 5.69 Å². The first kappa shape index (κ1) is 20.3. The molecule has 0 radical (unpaired) electrons. The topological polar surface area (TPSA) is 95.0 Å². The van der Waals surface area contributed by atoms with Crippen molar-refractivity contribution in [1.82, 2.24) is 10.2 Å². The van der Waals surface area contributed by atoms with Gasteiger partial charge in [-0.15, -0.1) is 10.2 Å². The summed E-state index contributed by atoms with van der Waals surface area (Å²) in [5.41, 5.74) is 4.74. The van der Waals surface area contributed by atoms with Crippen molar-refractivity contribution < 1.29 is 9.52 Å². The van der Waals surface area contributed by atoms with E-state index in [0.717, 1.165) is 27.9 Å². The molecule has 0 saturated heterocycles. The standard InChI is InChI=1S/C25H22N4O2/c1-16-17(2)21(14-13-20(16)15-26)27-22(23(30)18-9-5-3-6-10-18)25-29-28-24(31-25)19-11-7-4-8-12-19/h3-14,22-23,27,30H,1-2H3. The fourth-order valence-electron chi connectivity index (χ4n) is 3.44. The van der Waals surface area contributed by atoms with E-state index in [0.29, 0.717) is 11.5 Å². The summed E-state index contributed by atoms with van der Waals surface area (Å²) in [5.74, 6) is 0.659. The van der Waals surface area contributed by atoms with Crippen LogP contribution in [0, 0.1) is 25.2 Å². The van der Waals surface area contributed by atoms with Gasteiger partial charge in [-0.05, 0) is 54.8 Å². The molecule has 154 valence electrons. The van der Waals surface area contributed by atoms with Crippen molar-refractivity contribution in [3.8, 4) is 17.5 Å². The highest BCUT2D eigenvalue weighted by Gasteiger charge is 2.29. The molecule has 2 unspecified atom stereocenters. The first-order valence-electron chi connectivity index (χ1n) is 9.97. The Morgan fingerprint density at radius 3 is 2.26 bits per heavy atom. The molecule has 4 aromatic rings. The third-order valence-corrected chi connectivity index (χ3v) is 5.40. The van der Waals surface area contributed by atoms with Gasteiger partial charge in [-0.25, -0.2) is 0 Å². The first-order valence-corrected chi connectivity index (χ1v) is 9.97. The maximum atomic E-state index is 11.2. The number of benzene rings is 3. The van der Waals surface area contributed by atoms with Crippen LogP contribution in [-0.2, 0) is 0 Å². The lowest BCUT2D eigenvalue weighted by Gasteiger charge is -2.24. The van der Waals surface area contributed by atoms with Gasteiger partial charge in [-0.3, -0.25) is 0 Å². The van der Waals surface area contributed by atoms with Gasteiger partial charge in [0.1, 0.15) is 12.1 Å². The first-order chi connectivity index (χ1) is 15.1. The van der Waals surface area contributed by atoms with Gasteiger partial charge in [0.2, 0.25) is 11.8 Å². The third-order valence-electron chi connectivity index (χ3n) is 5.40. The minimum absolute atomic E-state index is 0.275. The summed E-state index contributed by atoms with van der Waals surface area (Å²) in [6, 6.07) is 24.0. The summed E-state index contributed by atoms with van der Waals surface area (Å²) in [5, 5.41) is 32.3. The van der Waals surface area contributed by atoms with Gasteiger partial charge in [0, 0.05) is 11.3 Å². The Labute approximate surface area is 180 Å². The fourth-order valence-corrected chi connectivity index (χ4v) is 3.44. The number of nitriles is 1. The number of aliphatic hydroxyl groups is 1. The molecule has 0 saturated carbocycles. The number of hydrogen-bond acceptors (Lipinski definition) is 6. The molecule has 31 heavy (non-hydrogen) atoms. The van der Waals surface area contributed by atoms with E-state index in [2.05, 4.69) is 21.6 Å². The second-order valence-corrected chi connectivity index (χ2v) is 7.31. The van der Waals surface area contributed by atoms with Crippen LogP contribution in [0.3, 0.4) is 0 Å². The lowest BCUT2D eigenvalue weighted by molar-refractivity contribution is 0.143. The zero-order chi connectivity index (χ0) is 21.8. The van der Waals surface area contributed by atoms with E-state index in [4.69, 9.17) is 4.42 Å². The lowest BCUT2D eigenvalue weighted by atomic mass is 9.99.